The number of ether oxygens (including phenoxy) is 1. The molecule has 0 aliphatic rings. The van der Waals surface area contributed by atoms with Gasteiger partial charge in [0.05, 0.1) is 17.2 Å². The monoisotopic (exact) mass is 382 g/mol. The lowest BCUT2D eigenvalue weighted by Crippen LogP contribution is -2.42. The Labute approximate surface area is 152 Å². The van der Waals surface area contributed by atoms with E-state index in [1.807, 2.05) is 35.1 Å². The summed E-state index contributed by atoms with van der Waals surface area (Å²) in [5.74, 6) is -0.785. The second-order valence-electron chi connectivity index (χ2n) is 5.31. The van der Waals surface area contributed by atoms with Crippen LogP contribution in [0.1, 0.15) is 10.4 Å². The van der Waals surface area contributed by atoms with Gasteiger partial charge in [0.15, 0.2) is 0 Å². The van der Waals surface area contributed by atoms with Gasteiger partial charge in [-0.3, -0.25) is 4.79 Å². The van der Waals surface area contributed by atoms with Gasteiger partial charge >= 0.3 is 10.2 Å². The number of benzene rings is 2. The Morgan fingerprint density at radius 3 is 2.48 bits per heavy atom. The first-order chi connectivity index (χ1) is 11.8. The summed E-state index contributed by atoms with van der Waals surface area (Å²) >= 11 is 6.08. The lowest BCUT2D eigenvalue weighted by atomic mass is 10.0. The number of hydrogen-bond acceptors (Lipinski definition) is 4. The molecule has 134 valence electrons. The largest absolute Gasteiger partial charge is 0.383 e. The molecule has 0 unspecified atom stereocenters. The predicted octanol–water partition coefficient (Wildman–Crippen LogP) is 2.56. The molecular formula is C17H19ClN2O4S. The molecule has 0 atom stereocenters. The highest BCUT2D eigenvalue weighted by molar-refractivity contribution is 7.87. The summed E-state index contributed by atoms with van der Waals surface area (Å²) < 4.78 is 32.2. The zero-order valence-corrected chi connectivity index (χ0v) is 15.5. The molecule has 0 spiro atoms. The number of carbonyl (C=O) groups excluding carboxylic acids is 1. The third kappa shape index (κ3) is 5.02. The molecule has 0 saturated carbocycles. The van der Waals surface area contributed by atoms with Crippen LogP contribution in [0.25, 0.3) is 11.1 Å². The van der Waals surface area contributed by atoms with Crippen LogP contribution in [0.3, 0.4) is 0 Å². The van der Waals surface area contributed by atoms with E-state index in [2.05, 4.69) is 0 Å². The molecule has 2 rings (SSSR count). The van der Waals surface area contributed by atoms with E-state index in [-0.39, 0.29) is 23.7 Å². The van der Waals surface area contributed by atoms with Crippen molar-refractivity contribution in [1.82, 2.24) is 9.03 Å². The normalized spacial score (nSPS) is 11.5. The fourth-order valence-electron chi connectivity index (χ4n) is 2.10. The fraction of sp³-hybridized carbons (Fsp3) is 0.235. The Balaban J connectivity index is 2.24. The molecule has 0 aliphatic heterocycles. The minimum atomic E-state index is -3.98. The Hall–Kier alpha value is -1.93. The number of halogens is 1. The number of nitrogens with one attached hydrogen (secondary N) is 1. The summed E-state index contributed by atoms with van der Waals surface area (Å²) in [6.45, 7) is 0.340. The Bertz CT molecular complexity index is 841. The Kier molecular flexibility index (Phi) is 6.55. The van der Waals surface area contributed by atoms with Gasteiger partial charge < -0.3 is 4.74 Å². The van der Waals surface area contributed by atoms with Crippen molar-refractivity contribution in [3.63, 3.8) is 0 Å². The van der Waals surface area contributed by atoms with E-state index < -0.39 is 16.1 Å². The molecule has 0 saturated heterocycles. The van der Waals surface area contributed by atoms with Gasteiger partial charge in [-0.1, -0.05) is 48.0 Å². The van der Waals surface area contributed by atoms with Gasteiger partial charge in [0.2, 0.25) is 0 Å². The summed E-state index contributed by atoms with van der Waals surface area (Å²) in [7, 11) is -1.16. The first-order valence-electron chi connectivity index (χ1n) is 7.47. The molecule has 0 heterocycles. The first kappa shape index (κ1) is 19.4. The Morgan fingerprint density at radius 2 is 1.84 bits per heavy atom. The number of methoxy groups -OCH3 is 1. The van der Waals surface area contributed by atoms with Crippen LogP contribution in [0, 0.1) is 0 Å². The fourth-order valence-corrected chi connectivity index (χ4v) is 3.12. The topological polar surface area (TPSA) is 75.7 Å². The first-order valence-corrected chi connectivity index (χ1v) is 9.29. The van der Waals surface area contributed by atoms with Crippen molar-refractivity contribution in [1.29, 1.82) is 0 Å². The molecule has 1 amide bonds. The molecule has 2 aromatic rings. The van der Waals surface area contributed by atoms with Gasteiger partial charge in [0.25, 0.3) is 5.91 Å². The van der Waals surface area contributed by atoms with Crippen LogP contribution in [0.5, 0.6) is 0 Å². The van der Waals surface area contributed by atoms with E-state index in [0.29, 0.717) is 0 Å². The van der Waals surface area contributed by atoms with Gasteiger partial charge in [0.1, 0.15) is 0 Å². The number of carbonyl (C=O) groups is 1. The molecular weight excluding hydrogens is 364 g/mol. The van der Waals surface area contributed by atoms with Crippen LogP contribution < -0.4 is 4.72 Å². The second kappa shape index (κ2) is 8.44. The number of amides is 1. The SMILES string of the molecule is COCCN(C)S(=O)(=O)NC(=O)c1cc(-c2ccccc2)ccc1Cl. The molecule has 0 aromatic heterocycles. The summed E-state index contributed by atoms with van der Waals surface area (Å²) in [6.07, 6.45) is 0. The van der Waals surface area contributed by atoms with Gasteiger partial charge in [-0.2, -0.15) is 12.7 Å². The van der Waals surface area contributed by atoms with Crippen LogP contribution in [0.4, 0.5) is 0 Å². The zero-order chi connectivity index (χ0) is 18.4. The minimum absolute atomic E-state index is 0.0896. The van der Waals surface area contributed by atoms with Crippen LogP contribution in [-0.2, 0) is 14.9 Å². The number of nitrogens with zero attached hydrogens (tertiary/aromatic N) is 1. The minimum Gasteiger partial charge on any atom is -0.383 e. The maximum atomic E-state index is 12.4. The van der Waals surface area contributed by atoms with Gasteiger partial charge in [-0.15, -0.1) is 0 Å². The molecule has 0 aliphatic carbocycles. The van der Waals surface area contributed by atoms with E-state index >= 15 is 0 Å². The van der Waals surface area contributed by atoms with E-state index in [1.54, 1.807) is 18.2 Å². The van der Waals surface area contributed by atoms with Crippen molar-refractivity contribution in [3.8, 4) is 11.1 Å². The lowest BCUT2D eigenvalue weighted by molar-refractivity contribution is 0.0978. The van der Waals surface area contributed by atoms with E-state index in [0.717, 1.165) is 15.4 Å². The maximum absolute atomic E-state index is 12.4. The highest BCUT2D eigenvalue weighted by atomic mass is 35.5. The molecule has 25 heavy (non-hydrogen) atoms. The van der Waals surface area contributed by atoms with Crippen molar-refractivity contribution < 1.29 is 17.9 Å². The van der Waals surface area contributed by atoms with E-state index in [1.165, 1.54) is 14.2 Å². The van der Waals surface area contributed by atoms with Crippen molar-refractivity contribution >= 4 is 27.7 Å². The molecule has 2 aromatic carbocycles. The summed E-state index contributed by atoms with van der Waals surface area (Å²) in [6, 6.07) is 14.3. The summed E-state index contributed by atoms with van der Waals surface area (Å²) in [5.41, 5.74) is 1.75. The number of hydrogen-bond donors (Lipinski definition) is 1. The van der Waals surface area contributed by atoms with Crippen molar-refractivity contribution in [2.45, 2.75) is 0 Å². The molecule has 1 N–H and O–H groups in total. The second-order valence-corrected chi connectivity index (χ2v) is 7.50. The maximum Gasteiger partial charge on any atom is 0.303 e. The van der Waals surface area contributed by atoms with Crippen LogP contribution in [0.15, 0.2) is 48.5 Å². The molecule has 8 heteroatoms. The van der Waals surface area contributed by atoms with Crippen molar-refractivity contribution in [2.75, 3.05) is 27.3 Å². The molecule has 6 nitrogen and oxygen atoms in total. The number of rotatable bonds is 7. The molecule has 0 fully saturated rings. The molecule has 0 bridgehead atoms. The van der Waals surface area contributed by atoms with Crippen LogP contribution in [-0.4, -0.2) is 45.9 Å². The van der Waals surface area contributed by atoms with Crippen molar-refractivity contribution in [2.24, 2.45) is 0 Å². The third-order valence-corrected chi connectivity index (χ3v) is 5.34. The van der Waals surface area contributed by atoms with Gasteiger partial charge in [0, 0.05) is 20.7 Å². The average Bonchev–Trinajstić information content (AvgIpc) is 2.60. The highest BCUT2D eigenvalue weighted by Gasteiger charge is 2.22. The average molecular weight is 383 g/mol. The summed E-state index contributed by atoms with van der Waals surface area (Å²) in [5, 5.41) is 0.173. The van der Waals surface area contributed by atoms with Crippen molar-refractivity contribution in [3.05, 3.63) is 59.1 Å². The van der Waals surface area contributed by atoms with E-state index in [9.17, 15) is 13.2 Å². The van der Waals surface area contributed by atoms with Crippen LogP contribution in [0.2, 0.25) is 5.02 Å². The highest BCUT2D eigenvalue weighted by Crippen LogP contribution is 2.25. The third-order valence-electron chi connectivity index (χ3n) is 3.56. The predicted molar refractivity (Wildman–Crippen MR) is 97.8 cm³/mol. The Morgan fingerprint density at radius 1 is 1.16 bits per heavy atom. The van der Waals surface area contributed by atoms with E-state index in [4.69, 9.17) is 16.3 Å². The molecule has 0 radical (unpaired) electrons. The summed E-state index contributed by atoms with van der Waals surface area (Å²) in [4.78, 5) is 12.4. The number of likely N-dealkylation sites (N-methyl/N-ethyl adjacent to an activating group) is 1. The van der Waals surface area contributed by atoms with Gasteiger partial charge in [-0.25, -0.2) is 4.72 Å². The van der Waals surface area contributed by atoms with Crippen LogP contribution >= 0.6 is 11.6 Å². The zero-order valence-electron chi connectivity index (χ0n) is 13.9. The van der Waals surface area contributed by atoms with Gasteiger partial charge in [-0.05, 0) is 23.3 Å². The standard InChI is InChI=1S/C17H19ClN2O4S/c1-20(10-11-24-2)25(22,23)19-17(21)15-12-14(8-9-16(15)18)13-6-4-3-5-7-13/h3-9,12H,10-11H2,1-2H3,(H,19,21). The lowest BCUT2D eigenvalue weighted by Gasteiger charge is -2.17. The quantitative estimate of drug-likeness (QED) is 0.798. The smallest absolute Gasteiger partial charge is 0.303 e.